The molecule has 8 atom stereocenters. The van der Waals surface area contributed by atoms with Crippen molar-refractivity contribution in [1.29, 1.82) is 0 Å². The Morgan fingerprint density at radius 3 is 2.76 bits per heavy atom. The Hall–Kier alpha value is -0.370. The van der Waals surface area contributed by atoms with Gasteiger partial charge in [-0.3, -0.25) is 4.79 Å². The van der Waals surface area contributed by atoms with Gasteiger partial charge in [0.05, 0.1) is 6.10 Å². The lowest BCUT2D eigenvalue weighted by Gasteiger charge is -2.59. The van der Waals surface area contributed by atoms with Crippen LogP contribution in [0.2, 0.25) is 0 Å². The summed E-state index contributed by atoms with van der Waals surface area (Å²) in [4.78, 5) is 12.6. The molecule has 5 aliphatic rings. The van der Waals surface area contributed by atoms with Crippen LogP contribution in [0.5, 0.6) is 0 Å². The van der Waals surface area contributed by atoms with Gasteiger partial charge >= 0.3 is 0 Å². The topological polar surface area (TPSA) is 29.6 Å². The van der Waals surface area contributed by atoms with Crippen LogP contribution in [-0.4, -0.2) is 18.0 Å². The van der Waals surface area contributed by atoms with Crippen molar-refractivity contribution in [3.05, 3.63) is 0 Å². The van der Waals surface area contributed by atoms with Crippen molar-refractivity contribution in [2.75, 3.05) is 0 Å². The van der Waals surface area contributed by atoms with Crippen molar-refractivity contribution in [3.8, 4) is 0 Å². The molecule has 5 fully saturated rings. The van der Waals surface area contributed by atoms with Gasteiger partial charge in [-0.15, -0.1) is 0 Å². The number of ether oxygens (including phenoxy) is 1. The molecule has 0 bridgehead atoms. The minimum atomic E-state index is -0.0351. The fourth-order valence-corrected chi connectivity index (χ4v) is 7.37. The second-order valence-corrected chi connectivity index (χ2v) is 9.16. The lowest BCUT2D eigenvalue weighted by Crippen LogP contribution is -2.54. The SMILES string of the molecule is CC12CCC3C(CC[C@H]4CCCCC34C)C1C1OC1C2=O. The lowest BCUT2D eigenvalue weighted by atomic mass is 9.45. The van der Waals surface area contributed by atoms with Crippen LogP contribution in [0.1, 0.15) is 65.2 Å². The summed E-state index contributed by atoms with van der Waals surface area (Å²) in [7, 11) is 0. The van der Waals surface area contributed by atoms with Crippen LogP contribution >= 0.6 is 0 Å². The molecule has 21 heavy (non-hydrogen) atoms. The molecule has 0 spiro atoms. The summed E-state index contributed by atoms with van der Waals surface area (Å²) < 4.78 is 5.77. The maximum Gasteiger partial charge on any atom is 0.170 e. The van der Waals surface area contributed by atoms with Crippen LogP contribution < -0.4 is 0 Å². The van der Waals surface area contributed by atoms with Crippen LogP contribution in [0.4, 0.5) is 0 Å². The highest BCUT2D eigenvalue weighted by Crippen LogP contribution is 2.68. The molecule has 5 rings (SSSR count). The molecule has 1 heterocycles. The Labute approximate surface area is 128 Å². The number of carbonyl (C=O) groups excluding carboxylic acids is 1. The molecule has 0 aromatic carbocycles. The largest absolute Gasteiger partial charge is 0.361 e. The van der Waals surface area contributed by atoms with Crippen molar-refractivity contribution in [2.24, 2.45) is 34.5 Å². The summed E-state index contributed by atoms with van der Waals surface area (Å²) in [6.45, 7) is 4.86. The van der Waals surface area contributed by atoms with Gasteiger partial charge in [-0.1, -0.05) is 26.7 Å². The molecule has 1 saturated heterocycles. The molecule has 1 aliphatic heterocycles. The lowest BCUT2D eigenvalue weighted by molar-refractivity contribution is -0.149. The third-order valence-electron chi connectivity index (χ3n) is 8.54. The normalized spacial score (nSPS) is 61.5. The molecule has 2 heteroatoms. The Morgan fingerprint density at radius 1 is 1.05 bits per heavy atom. The average molecular weight is 288 g/mol. The molecule has 0 aromatic heterocycles. The number of Topliss-reactive ketones (excluding diaryl/α,β-unsaturated/α-hetero) is 1. The number of rotatable bonds is 0. The molecule has 116 valence electrons. The summed E-state index contributed by atoms with van der Waals surface area (Å²) in [5.41, 5.74) is 0.533. The highest BCUT2D eigenvalue weighted by molar-refractivity contribution is 5.94. The molecule has 0 amide bonds. The second-order valence-electron chi connectivity index (χ2n) is 9.16. The number of fused-ring (bicyclic) bond motifs is 7. The Kier molecular flexibility index (Phi) is 2.45. The third-order valence-corrected chi connectivity index (χ3v) is 8.54. The van der Waals surface area contributed by atoms with Crippen LogP contribution in [0, 0.1) is 34.5 Å². The van der Waals surface area contributed by atoms with Gasteiger partial charge in [0.25, 0.3) is 0 Å². The Morgan fingerprint density at radius 2 is 1.90 bits per heavy atom. The van der Waals surface area contributed by atoms with E-state index in [0.717, 1.165) is 24.2 Å². The zero-order valence-corrected chi connectivity index (χ0v) is 13.4. The number of hydrogen-bond acceptors (Lipinski definition) is 2. The van der Waals surface area contributed by atoms with Crippen LogP contribution in [0.3, 0.4) is 0 Å². The Balaban J connectivity index is 1.52. The second kappa shape index (κ2) is 3.93. The summed E-state index contributed by atoms with van der Waals surface area (Å²) in [5.74, 6) is 3.60. The van der Waals surface area contributed by atoms with E-state index in [1.54, 1.807) is 0 Å². The molecule has 4 aliphatic carbocycles. The summed E-state index contributed by atoms with van der Waals surface area (Å²) in [5, 5.41) is 0. The maximum atomic E-state index is 12.6. The predicted octanol–water partition coefficient (Wildman–Crippen LogP) is 3.98. The van der Waals surface area contributed by atoms with Gasteiger partial charge in [0.15, 0.2) is 5.78 Å². The van der Waals surface area contributed by atoms with Gasteiger partial charge in [-0.2, -0.15) is 0 Å². The van der Waals surface area contributed by atoms with E-state index in [4.69, 9.17) is 4.74 Å². The number of carbonyl (C=O) groups is 1. The Bertz CT molecular complexity index is 500. The van der Waals surface area contributed by atoms with Gasteiger partial charge in [-0.25, -0.2) is 0 Å². The first kappa shape index (κ1) is 13.1. The highest BCUT2D eigenvalue weighted by Gasteiger charge is 2.72. The summed E-state index contributed by atoms with van der Waals surface area (Å²) in [6.07, 6.45) is 11.3. The zero-order chi connectivity index (χ0) is 14.4. The fraction of sp³-hybridized carbons (Fsp3) is 0.947. The zero-order valence-electron chi connectivity index (χ0n) is 13.4. The molecular weight excluding hydrogens is 260 g/mol. The molecule has 7 unspecified atom stereocenters. The van der Waals surface area contributed by atoms with E-state index in [9.17, 15) is 4.79 Å². The quantitative estimate of drug-likeness (QED) is 0.631. The highest BCUT2D eigenvalue weighted by atomic mass is 16.6. The van der Waals surface area contributed by atoms with Gasteiger partial charge in [0.2, 0.25) is 0 Å². The van der Waals surface area contributed by atoms with Crippen molar-refractivity contribution in [1.82, 2.24) is 0 Å². The van der Waals surface area contributed by atoms with Gasteiger partial charge in [-0.05, 0) is 61.7 Å². The van der Waals surface area contributed by atoms with E-state index in [1.807, 2.05) is 0 Å². The van der Waals surface area contributed by atoms with Crippen molar-refractivity contribution < 1.29 is 9.53 Å². The minimum Gasteiger partial charge on any atom is -0.361 e. The van der Waals surface area contributed by atoms with Crippen LogP contribution in [-0.2, 0) is 9.53 Å². The number of hydrogen-bond donors (Lipinski definition) is 0. The van der Waals surface area contributed by atoms with Crippen molar-refractivity contribution in [2.45, 2.75) is 77.4 Å². The minimum absolute atomic E-state index is 0.00404. The van der Waals surface area contributed by atoms with Crippen molar-refractivity contribution in [3.63, 3.8) is 0 Å². The predicted molar refractivity (Wildman–Crippen MR) is 80.8 cm³/mol. The monoisotopic (exact) mass is 288 g/mol. The van der Waals surface area contributed by atoms with E-state index in [-0.39, 0.29) is 11.5 Å². The van der Waals surface area contributed by atoms with E-state index in [1.165, 1.54) is 44.9 Å². The molecule has 0 radical (unpaired) electrons. The van der Waals surface area contributed by atoms with E-state index in [0.29, 0.717) is 23.2 Å². The number of ketones is 1. The van der Waals surface area contributed by atoms with E-state index >= 15 is 0 Å². The van der Waals surface area contributed by atoms with Crippen LogP contribution in [0.15, 0.2) is 0 Å². The van der Waals surface area contributed by atoms with E-state index < -0.39 is 0 Å². The molecule has 0 aromatic rings. The third kappa shape index (κ3) is 1.46. The van der Waals surface area contributed by atoms with Crippen molar-refractivity contribution >= 4 is 5.78 Å². The van der Waals surface area contributed by atoms with Crippen LogP contribution in [0.25, 0.3) is 0 Å². The summed E-state index contributed by atoms with van der Waals surface area (Å²) in [6, 6.07) is 0. The fourth-order valence-electron chi connectivity index (χ4n) is 7.37. The average Bonchev–Trinajstić information content (AvgIpc) is 3.21. The first-order chi connectivity index (χ1) is 10.1. The molecule has 0 N–H and O–H groups in total. The summed E-state index contributed by atoms with van der Waals surface area (Å²) >= 11 is 0. The smallest absolute Gasteiger partial charge is 0.170 e. The van der Waals surface area contributed by atoms with Gasteiger partial charge < -0.3 is 4.74 Å². The van der Waals surface area contributed by atoms with E-state index in [2.05, 4.69) is 13.8 Å². The van der Waals surface area contributed by atoms with Gasteiger partial charge in [0, 0.05) is 11.3 Å². The first-order valence-electron chi connectivity index (χ1n) is 9.25. The molecule has 2 nitrogen and oxygen atoms in total. The maximum absolute atomic E-state index is 12.6. The first-order valence-corrected chi connectivity index (χ1v) is 9.25. The molecule has 4 saturated carbocycles. The number of epoxide rings is 1. The van der Waals surface area contributed by atoms with Gasteiger partial charge in [0.1, 0.15) is 6.10 Å². The molecular formula is C19H28O2. The standard InChI is InChI=1S/C19H28O2/c1-18-9-4-3-5-11(18)6-7-12-13(18)8-10-19(2)14(12)15-16(21-15)17(19)20/h11-16H,3-10H2,1-2H3/t11-,12?,13?,14?,15?,16?,18?,19?/m1/s1.